The maximum atomic E-state index is 13.4. The minimum atomic E-state index is -0.297. The molecule has 7 heteroatoms. The summed E-state index contributed by atoms with van der Waals surface area (Å²) in [7, 11) is 1.76. The van der Waals surface area contributed by atoms with Gasteiger partial charge in [-0.3, -0.25) is 9.48 Å². The topological polar surface area (TPSA) is 55.4 Å². The summed E-state index contributed by atoms with van der Waals surface area (Å²) >= 11 is 0. The zero-order valence-corrected chi connectivity index (χ0v) is 16.0. The van der Waals surface area contributed by atoms with Gasteiger partial charge in [-0.15, -0.1) is 0 Å². The van der Waals surface area contributed by atoms with E-state index in [1.54, 1.807) is 29.9 Å². The van der Waals surface area contributed by atoms with Crippen molar-refractivity contribution in [1.29, 1.82) is 0 Å². The molecule has 0 aliphatic heterocycles. The molecule has 0 N–H and O–H groups in total. The average molecular weight is 389 g/mol. The molecule has 29 heavy (non-hydrogen) atoms. The number of amides is 1. The molecule has 1 aromatic carbocycles. The fourth-order valence-corrected chi connectivity index (χ4v) is 3.61. The molecule has 5 rings (SSSR count). The Morgan fingerprint density at radius 1 is 1.21 bits per heavy atom. The highest BCUT2D eigenvalue weighted by atomic mass is 19.1. The summed E-state index contributed by atoms with van der Waals surface area (Å²) < 4.78 is 16.8. The smallest absolute Gasteiger partial charge is 0.272 e. The number of hydrogen-bond acceptors (Lipinski definition) is 3. The lowest BCUT2D eigenvalue weighted by Crippen LogP contribution is -2.34. The maximum absolute atomic E-state index is 13.4. The summed E-state index contributed by atoms with van der Waals surface area (Å²) in [6.07, 6.45) is 5.80. The van der Waals surface area contributed by atoms with E-state index >= 15 is 0 Å². The Bertz CT molecular complexity index is 1190. The van der Waals surface area contributed by atoms with E-state index in [1.807, 2.05) is 39.9 Å². The molecule has 0 saturated heterocycles. The van der Waals surface area contributed by atoms with Crippen LogP contribution in [-0.4, -0.2) is 36.0 Å². The zero-order valence-electron chi connectivity index (χ0n) is 16.0. The van der Waals surface area contributed by atoms with Crippen molar-refractivity contribution in [2.75, 3.05) is 0 Å². The van der Waals surface area contributed by atoms with Crippen LogP contribution in [0.2, 0.25) is 0 Å². The predicted molar refractivity (Wildman–Crippen MR) is 107 cm³/mol. The van der Waals surface area contributed by atoms with Crippen LogP contribution < -0.4 is 0 Å². The first-order chi connectivity index (χ1) is 14.1. The molecule has 0 radical (unpaired) electrons. The van der Waals surface area contributed by atoms with Gasteiger partial charge in [0.15, 0.2) is 0 Å². The van der Waals surface area contributed by atoms with Crippen molar-refractivity contribution in [3.8, 4) is 11.3 Å². The number of carbonyl (C=O) groups is 1. The van der Waals surface area contributed by atoms with Gasteiger partial charge in [-0.2, -0.15) is 5.10 Å². The fourth-order valence-electron chi connectivity index (χ4n) is 3.61. The van der Waals surface area contributed by atoms with Crippen molar-refractivity contribution in [3.63, 3.8) is 0 Å². The summed E-state index contributed by atoms with van der Waals surface area (Å²) in [5.74, 6) is -0.351. The fraction of sp³-hybridized carbons (Fsp3) is 0.227. The highest BCUT2D eigenvalue weighted by molar-refractivity contribution is 5.94. The summed E-state index contributed by atoms with van der Waals surface area (Å²) in [6, 6.07) is 14.0. The highest BCUT2D eigenvalue weighted by Gasteiger charge is 2.35. The van der Waals surface area contributed by atoms with Crippen LogP contribution in [0.5, 0.6) is 0 Å². The molecule has 1 saturated carbocycles. The number of fused-ring (bicyclic) bond motifs is 1. The van der Waals surface area contributed by atoms with Crippen LogP contribution in [0, 0.1) is 5.82 Å². The van der Waals surface area contributed by atoms with E-state index in [1.165, 1.54) is 12.1 Å². The third-order valence-corrected chi connectivity index (χ3v) is 5.31. The van der Waals surface area contributed by atoms with Crippen molar-refractivity contribution in [3.05, 3.63) is 78.1 Å². The average Bonchev–Trinajstić information content (AvgIpc) is 3.38. The van der Waals surface area contributed by atoms with Crippen LogP contribution in [-0.2, 0) is 13.6 Å². The van der Waals surface area contributed by atoms with E-state index in [-0.39, 0.29) is 17.8 Å². The van der Waals surface area contributed by atoms with Gasteiger partial charge in [-0.1, -0.05) is 6.07 Å². The molecule has 6 nitrogen and oxygen atoms in total. The molecule has 146 valence electrons. The summed E-state index contributed by atoms with van der Waals surface area (Å²) in [5.41, 5.74) is 3.79. The first-order valence-corrected chi connectivity index (χ1v) is 9.62. The normalized spacial score (nSPS) is 13.7. The van der Waals surface area contributed by atoms with Crippen LogP contribution in [0.4, 0.5) is 4.39 Å². The minimum Gasteiger partial charge on any atom is -0.328 e. The van der Waals surface area contributed by atoms with Gasteiger partial charge in [-0.25, -0.2) is 9.37 Å². The number of rotatable bonds is 5. The Labute approximate surface area is 167 Å². The first-order valence-electron chi connectivity index (χ1n) is 9.62. The van der Waals surface area contributed by atoms with Gasteiger partial charge < -0.3 is 9.30 Å². The van der Waals surface area contributed by atoms with E-state index in [9.17, 15) is 9.18 Å². The highest BCUT2D eigenvalue weighted by Crippen LogP contribution is 2.30. The number of halogens is 1. The van der Waals surface area contributed by atoms with Crippen molar-refractivity contribution in [2.24, 2.45) is 7.05 Å². The number of hydrogen-bond donors (Lipinski definition) is 0. The van der Waals surface area contributed by atoms with E-state index < -0.39 is 0 Å². The molecule has 4 aromatic rings. The lowest BCUT2D eigenvalue weighted by Gasteiger charge is -2.22. The van der Waals surface area contributed by atoms with Crippen LogP contribution in [0.25, 0.3) is 16.9 Å². The lowest BCUT2D eigenvalue weighted by atomic mass is 10.1. The van der Waals surface area contributed by atoms with Gasteiger partial charge in [0.05, 0.1) is 24.1 Å². The lowest BCUT2D eigenvalue weighted by molar-refractivity contribution is 0.0716. The van der Waals surface area contributed by atoms with E-state index in [0.29, 0.717) is 17.9 Å². The van der Waals surface area contributed by atoms with Gasteiger partial charge >= 0.3 is 0 Å². The molecule has 1 amide bonds. The van der Waals surface area contributed by atoms with Gasteiger partial charge in [0.1, 0.15) is 17.2 Å². The molecular weight excluding hydrogens is 369 g/mol. The molecule has 0 bridgehead atoms. The second kappa shape index (κ2) is 6.84. The number of aryl methyl sites for hydroxylation is 1. The number of pyridine rings is 1. The van der Waals surface area contributed by atoms with E-state index in [0.717, 1.165) is 29.7 Å². The maximum Gasteiger partial charge on any atom is 0.272 e. The number of aromatic nitrogens is 4. The third-order valence-electron chi connectivity index (χ3n) is 5.31. The molecule has 0 unspecified atom stereocenters. The van der Waals surface area contributed by atoms with Crippen LogP contribution in [0.1, 0.15) is 29.0 Å². The van der Waals surface area contributed by atoms with Crippen LogP contribution in [0.15, 0.2) is 60.9 Å². The molecule has 3 aromatic heterocycles. The molecule has 1 aliphatic rings. The quantitative estimate of drug-likeness (QED) is 0.523. The Morgan fingerprint density at radius 2 is 2.00 bits per heavy atom. The monoisotopic (exact) mass is 389 g/mol. The number of nitrogens with zero attached hydrogens (tertiary/aromatic N) is 5. The van der Waals surface area contributed by atoms with Gasteiger partial charge in [0, 0.05) is 24.8 Å². The van der Waals surface area contributed by atoms with E-state index in [4.69, 9.17) is 0 Å². The molecule has 1 fully saturated rings. The van der Waals surface area contributed by atoms with Gasteiger partial charge in [0.2, 0.25) is 0 Å². The molecule has 3 heterocycles. The van der Waals surface area contributed by atoms with Gasteiger partial charge in [-0.05, 0) is 55.3 Å². The zero-order chi connectivity index (χ0) is 20.0. The Kier molecular flexibility index (Phi) is 4.16. The second-order valence-electron chi connectivity index (χ2n) is 7.39. The third kappa shape index (κ3) is 3.29. The van der Waals surface area contributed by atoms with Crippen molar-refractivity contribution in [2.45, 2.75) is 25.4 Å². The van der Waals surface area contributed by atoms with Crippen molar-refractivity contribution in [1.82, 2.24) is 24.1 Å². The summed E-state index contributed by atoms with van der Waals surface area (Å²) in [5, 5.41) is 4.47. The second-order valence-corrected chi connectivity index (χ2v) is 7.39. The SMILES string of the molecule is Cn1nc(-c2ccc(F)cc2)cc1C(=O)N(Cc1cnc2ccccn12)C1CC1. The van der Waals surface area contributed by atoms with Crippen molar-refractivity contribution >= 4 is 11.6 Å². The number of benzene rings is 1. The van der Waals surface area contributed by atoms with E-state index in [2.05, 4.69) is 10.1 Å². The van der Waals surface area contributed by atoms with Crippen molar-refractivity contribution < 1.29 is 9.18 Å². The Balaban J connectivity index is 1.45. The Hall–Kier alpha value is -3.48. The Morgan fingerprint density at radius 3 is 2.76 bits per heavy atom. The molecule has 0 atom stereocenters. The molecular formula is C22H20FN5O. The molecule has 0 spiro atoms. The predicted octanol–water partition coefficient (Wildman–Crippen LogP) is 3.68. The number of imidazole rings is 1. The largest absolute Gasteiger partial charge is 0.328 e. The minimum absolute atomic E-state index is 0.0539. The van der Waals surface area contributed by atoms with Crippen LogP contribution >= 0.6 is 0 Å². The van der Waals surface area contributed by atoms with Crippen LogP contribution in [0.3, 0.4) is 0 Å². The molecule has 1 aliphatic carbocycles. The first kappa shape index (κ1) is 17.6. The summed E-state index contributed by atoms with van der Waals surface area (Å²) in [4.78, 5) is 19.7. The summed E-state index contributed by atoms with van der Waals surface area (Å²) in [6.45, 7) is 0.492. The standard InChI is InChI=1S/C22H20FN5O/c1-26-20(12-19(25-26)15-5-7-16(23)8-6-15)22(29)28(17-9-10-17)14-18-13-24-21-4-2-3-11-27(18)21/h2-8,11-13,17H,9-10,14H2,1H3. The van der Waals surface area contributed by atoms with Gasteiger partial charge in [0.25, 0.3) is 5.91 Å². The number of carbonyl (C=O) groups excluding carboxylic acids is 1.